The Kier molecular flexibility index (Phi) is 10.3. The van der Waals surface area contributed by atoms with Crippen LogP contribution in [0, 0.1) is 20.2 Å². The molecule has 0 unspecified atom stereocenters. The van der Waals surface area contributed by atoms with Gasteiger partial charge in [0.25, 0.3) is 10.2 Å². The summed E-state index contributed by atoms with van der Waals surface area (Å²) < 4.78 is 0. The maximum Gasteiger partial charge on any atom is 0.291 e. The Hall–Kier alpha value is -1.68. The molecule has 1 rings (SSSR count). The molecule has 0 saturated heterocycles. The van der Waals surface area contributed by atoms with Gasteiger partial charge in [-0.25, -0.2) is 0 Å². The van der Waals surface area contributed by atoms with E-state index < -0.39 is 10.2 Å². The summed E-state index contributed by atoms with van der Waals surface area (Å²) >= 11 is 0. The van der Waals surface area contributed by atoms with Gasteiger partial charge < -0.3 is 20.6 Å². The Morgan fingerprint density at radius 1 is 0.812 bits per heavy atom. The van der Waals surface area contributed by atoms with Crippen molar-refractivity contribution in [2.75, 3.05) is 0 Å². The molecule has 0 spiro atoms. The minimum atomic E-state index is -1.50. The zero-order chi connectivity index (χ0) is 13.1. The van der Waals surface area contributed by atoms with Crippen molar-refractivity contribution in [3.8, 4) is 0 Å². The predicted molar refractivity (Wildman–Crippen MR) is 48.0 cm³/mol. The van der Waals surface area contributed by atoms with E-state index in [9.17, 15) is 0 Å². The van der Waals surface area contributed by atoms with Gasteiger partial charge in [0.1, 0.15) is 0 Å². The molecule has 0 aromatic carbocycles. The van der Waals surface area contributed by atoms with Gasteiger partial charge in [0, 0.05) is 0 Å². The van der Waals surface area contributed by atoms with Crippen LogP contribution in [0.15, 0.2) is 0 Å². The molecule has 0 bridgehead atoms. The molecule has 0 aromatic heterocycles. The van der Waals surface area contributed by atoms with Gasteiger partial charge in [-0.3, -0.25) is 0 Å². The van der Waals surface area contributed by atoms with E-state index in [0.717, 1.165) is 25.7 Å². The Morgan fingerprint density at radius 3 is 1.06 bits per heavy atom. The van der Waals surface area contributed by atoms with Crippen molar-refractivity contribution >= 4 is 0 Å². The molecule has 4 N–H and O–H groups in total. The summed E-state index contributed by atoms with van der Waals surface area (Å²) in [4.78, 5) is 16.7. The highest BCUT2D eigenvalue weighted by Crippen LogP contribution is 2.17. The summed E-state index contributed by atoms with van der Waals surface area (Å²) in [5, 5.41) is 45.1. The third kappa shape index (κ3) is 22.8. The number of nitrogens with zero attached hydrogens (tertiary/aromatic N) is 2. The van der Waals surface area contributed by atoms with Crippen molar-refractivity contribution in [3.05, 3.63) is 20.2 Å². The molecular weight excluding hydrogens is 228 g/mol. The third-order valence-corrected chi connectivity index (χ3v) is 1.67. The minimum Gasteiger partial charge on any atom is -0.393 e. The molecule has 16 heavy (non-hydrogen) atoms. The monoisotopic (exact) mass is 242 g/mol. The van der Waals surface area contributed by atoms with E-state index in [-0.39, 0.29) is 12.2 Å². The number of hydrogen-bond acceptors (Lipinski definition) is 6. The molecule has 96 valence electrons. The zero-order valence-electron chi connectivity index (χ0n) is 8.30. The van der Waals surface area contributed by atoms with Gasteiger partial charge in [0.15, 0.2) is 0 Å². The lowest BCUT2D eigenvalue weighted by atomic mass is 9.95. The summed E-state index contributed by atoms with van der Waals surface area (Å²) in [6, 6.07) is 0. The molecular formula is C6H14N2O8. The van der Waals surface area contributed by atoms with Crippen LogP contribution in [0.1, 0.15) is 25.7 Å². The highest BCUT2D eigenvalue weighted by Gasteiger charge is 2.15. The van der Waals surface area contributed by atoms with Crippen molar-refractivity contribution < 1.29 is 30.8 Å². The fourth-order valence-electron chi connectivity index (χ4n) is 1.06. The maximum atomic E-state index is 8.92. The second-order valence-corrected chi connectivity index (χ2v) is 2.94. The fraction of sp³-hybridized carbons (Fsp3) is 1.00. The van der Waals surface area contributed by atoms with Crippen LogP contribution >= 0.6 is 0 Å². The summed E-state index contributed by atoms with van der Waals surface area (Å²) in [6.45, 7) is 0. The van der Waals surface area contributed by atoms with Gasteiger partial charge >= 0.3 is 0 Å². The van der Waals surface area contributed by atoms with E-state index in [0.29, 0.717) is 0 Å². The molecule has 1 saturated carbocycles. The van der Waals surface area contributed by atoms with Crippen LogP contribution in [-0.4, -0.2) is 43.0 Å². The lowest BCUT2D eigenvalue weighted by Crippen LogP contribution is -2.21. The Morgan fingerprint density at radius 2 is 0.938 bits per heavy atom. The summed E-state index contributed by atoms with van der Waals surface area (Å²) in [7, 11) is 0. The fourth-order valence-corrected chi connectivity index (χ4v) is 1.06. The van der Waals surface area contributed by atoms with E-state index in [1.54, 1.807) is 0 Å². The molecule has 10 nitrogen and oxygen atoms in total. The van der Waals surface area contributed by atoms with Crippen molar-refractivity contribution in [2.24, 2.45) is 0 Å². The first kappa shape index (κ1) is 16.7. The maximum absolute atomic E-state index is 8.92. The summed E-state index contributed by atoms with van der Waals surface area (Å²) in [5.74, 6) is 0. The lowest BCUT2D eigenvalue weighted by molar-refractivity contribution is -0.742. The van der Waals surface area contributed by atoms with E-state index in [1.165, 1.54) is 0 Å². The zero-order valence-corrected chi connectivity index (χ0v) is 8.30. The van der Waals surface area contributed by atoms with Crippen molar-refractivity contribution in [2.45, 2.75) is 37.9 Å². The van der Waals surface area contributed by atoms with Crippen molar-refractivity contribution in [1.29, 1.82) is 0 Å². The second-order valence-electron chi connectivity index (χ2n) is 2.94. The van der Waals surface area contributed by atoms with Crippen LogP contribution in [-0.2, 0) is 0 Å². The molecule has 10 heteroatoms. The van der Waals surface area contributed by atoms with Crippen LogP contribution in [0.5, 0.6) is 0 Å². The van der Waals surface area contributed by atoms with E-state index in [1.807, 2.05) is 0 Å². The molecule has 1 aliphatic rings. The lowest BCUT2D eigenvalue weighted by Gasteiger charge is -2.20. The average Bonchev–Trinajstić information content (AvgIpc) is 2.08. The normalized spacial score (nSPS) is 22.9. The Balaban J connectivity index is 0. The molecule has 0 amide bonds. The van der Waals surface area contributed by atoms with Gasteiger partial charge in [-0.2, -0.15) is 0 Å². The Labute approximate surface area is 90.0 Å². The van der Waals surface area contributed by atoms with Gasteiger partial charge in [-0.05, 0) is 25.7 Å². The minimum absolute atomic E-state index is 0.140. The number of aliphatic hydroxyl groups is 2. The first-order chi connectivity index (χ1) is 7.25. The number of aliphatic hydroxyl groups excluding tert-OH is 2. The van der Waals surface area contributed by atoms with Crippen LogP contribution in [0.25, 0.3) is 0 Å². The first-order valence-electron chi connectivity index (χ1n) is 4.28. The average molecular weight is 242 g/mol. The summed E-state index contributed by atoms with van der Waals surface area (Å²) in [6.07, 6.45) is 2.83. The standard InChI is InChI=1S/C6H12O2.2HNO3/c7-5-1-2-6(8)4-3-5;2*2-1(3)4/h5-8H,1-4H2;2*(H,2,3,4). The SMILES string of the molecule is O=[N+]([O-])O.O=[N+]([O-])O.OC1CCC(O)CC1. The molecule has 0 aromatic rings. The van der Waals surface area contributed by atoms with E-state index >= 15 is 0 Å². The van der Waals surface area contributed by atoms with Gasteiger partial charge in [0.2, 0.25) is 0 Å². The van der Waals surface area contributed by atoms with Crippen LogP contribution in [0.2, 0.25) is 0 Å². The summed E-state index contributed by atoms with van der Waals surface area (Å²) in [5.41, 5.74) is 0. The molecule has 0 atom stereocenters. The van der Waals surface area contributed by atoms with Crippen molar-refractivity contribution in [1.82, 2.24) is 0 Å². The number of rotatable bonds is 0. The van der Waals surface area contributed by atoms with Gasteiger partial charge in [-0.1, -0.05) is 0 Å². The van der Waals surface area contributed by atoms with Crippen molar-refractivity contribution in [3.63, 3.8) is 0 Å². The number of hydrogen-bond donors (Lipinski definition) is 4. The van der Waals surface area contributed by atoms with Crippen LogP contribution in [0.4, 0.5) is 0 Å². The van der Waals surface area contributed by atoms with Gasteiger partial charge in [0.05, 0.1) is 12.2 Å². The highest BCUT2D eigenvalue weighted by molar-refractivity contribution is 4.69. The molecule has 1 aliphatic carbocycles. The van der Waals surface area contributed by atoms with E-state index in [4.69, 9.17) is 40.9 Å². The molecule has 0 aliphatic heterocycles. The smallest absolute Gasteiger partial charge is 0.291 e. The van der Waals surface area contributed by atoms with Crippen LogP contribution < -0.4 is 0 Å². The highest BCUT2D eigenvalue weighted by atomic mass is 16.9. The molecule has 0 radical (unpaired) electrons. The predicted octanol–water partition coefficient (Wildman–Crippen LogP) is -0.413. The Bertz CT molecular complexity index is 173. The topological polar surface area (TPSA) is 167 Å². The third-order valence-electron chi connectivity index (χ3n) is 1.67. The molecule has 1 fully saturated rings. The van der Waals surface area contributed by atoms with Crippen LogP contribution in [0.3, 0.4) is 0 Å². The second kappa shape index (κ2) is 9.86. The first-order valence-corrected chi connectivity index (χ1v) is 4.28. The van der Waals surface area contributed by atoms with Gasteiger partial charge in [-0.15, -0.1) is 20.2 Å². The van der Waals surface area contributed by atoms with E-state index in [2.05, 4.69) is 0 Å². The largest absolute Gasteiger partial charge is 0.393 e. The molecule has 0 heterocycles. The quantitative estimate of drug-likeness (QED) is 0.328.